The van der Waals surface area contributed by atoms with Crippen molar-refractivity contribution in [3.8, 4) is 0 Å². The predicted octanol–water partition coefficient (Wildman–Crippen LogP) is 3.75. The van der Waals surface area contributed by atoms with E-state index in [1.807, 2.05) is 6.26 Å². The van der Waals surface area contributed by atoms with Crippen molar-refractivity contribution in [2.24, 2.45) is 10.8 Å². The largest absolute Gasteiger partial charge is 0.495 e. The highest BCUT2D eigenvalue weighted by atomic mass is 16.5. The van der Waals surface area contributed by atoms with Gasteiger partial charge in [-0.05, 0) is 31.8 Å². The maximum absolute atomic E-state index is 5.77. The molecule has 0 radical (unpaired) electrons. The molecule has 0 N–H and O–H groups in total. The first-order chi connectivity index (χ1) is 5.63. The molecule has 0 saturated heterocycles. The van der Waals surface area contributed by atoms with E-state index in [4.69, 9.17) is 4.74 Å². The van der Waals surface area contributed by atoms with Crippen molar-refractivity contribution >= 4 is 0 Å². The van der Waals surface area contributed by atoms with Crippen LogP contribution in [0.2, 0.25) is 0 Å². The lowest BCUT2D eigenvalue weighted by Gasteiger charge is -2.54. The summed E-state index contributed by atoms with van der Waals surface area (Å²) in [6.45, 7) is 15.6. The van der Waals surface area contributed by atoms with Crippen LogP contribution in [0, 0.1) is 10.8 Å². The van der Waals surface area contributed by atoms with Crippen LogP contribution in [-0.2, 0) is 4.74 Å². The standard InChI is InChI=1S/C12H22O/c1-9-8-13-12(6,7)11(4,5)10(9,2)3/h8H,1-7H3. The Labute approximate surface area is 82.2 Å². The van der Waals surface area contributed by atoms with Crippen LogP contribution < -0.4 is 0 Å². The molecule has 1 aliphatic rings. The van der Waals surface area contributed by atoms with E-state index >= 15 is 0 Å². The maximum atomic E-state index is 5.77. The number of allylic oxidation sites excluding steroid dienone is 1. The highest BCUT2D eigenvalue weighted by Crippen LogP contribution is 2.54. The molecule has 1 aliphatic heterocycles. The molecule has 1 rings (SSSR count). The first-order valence-electron chi connectivity index (χ1n) is 4.98. The van der Waals surface area contributed by atoms with Crippen molar-refractivity contribution in [3.63, 3.8) is 0 Å². The van der Waals surface area contributed by atoms with Gasteiger partial charge in [0, 0.05) is 5.41 Å². The van der Waals surface area contributed by atoms with Crippen molar-refractivity contribution in [2.75, 3.05) is 0 Å². The van der Waals surface area contributed by atoms with E-state index in [2.05, 4.69) is 48.5 Å². The molecule has 0 aromatic rings. The lowest BCUT2D eigenvalue weighted by Crippen LogP contribution is -2.53. The van der Waals surface area contributed by atoms with E-state index in [9.17, 15) is 0 Å². The van der Waals surface area contributed by atoms with Gasteiger partial charge in [-0.3, -0.25) is 0 Å². The Morgan fingerprint density at radius 2 is 1.46 bits per heavy atom. The van der Waals surface area contributed by atoms with Crippen LogP contribution in [0.15, 0.2) is 11.8 Å². The summed E-state index contributed by atoms with van der Waals surface area (Å²) in [5.74, 6) is 0. The molecule has 1 heteroatoms. The molecule has 1 heterocycles. The molecule has 0 bridgehead atoms. The molecule has 0 amide bonds. The van der Waals surface area contributed by atoms with Gasteiger partial charge in [-0.15, -0.1) is 0 Å². The van der Waals surface area contributed by atoms with E-state index in [1.54, 1.807) is 0 Å². The number of hydrogen-bond donors (Lipinski definition) is 0. The van der Waals surface area contributed by atoms with Crippen LogP contribution in [0.1, 0.15) is 48.5 Å². The van der Waals surface area contributed by atoms with Crippen LogP contribution in [0.25, 0.3) is 0 Å². The van der Waals surface area contributed by atoms with Gasteiger partial charge in [-0.1, -0.05) is 27.7 Å². The lowest BCUT2D eigenvalue weighted by molar-refractivity contribution is -0.117. The van der Waals surface area contributed by atoms with E-state index in [0.29, 0.717) is 0 Å². The molecule has 0 aromatic heterocycles. The average Bonchev–Trinajstić information content (AvgIpc) is 1.97. The Kier molecular flexibility index (Phi) is 2.06. The van der Waals surface area contributed by atoms with Crippen LogP contribution >= 0.6 is 0 Å². The molecular formula is C12H22O. The topological polar surface area (TPSA) is 9.23 Å². The quantitative estimate of drug-likeness (QED) is 0.554. The minimum absolute atomic E-state index is 0.0873. The fourth-order valence-electron chi connectivity index (χ4n) is 1.78. The van der Waals surface area contributed by atoms with Crippen LogP contribution in [0.3, 0.4) is 0 Å². The Hall–Kier alpha value is -0.460. The molecule has 1 nitrogen and oxygen atoms in total. The zero-order valence-electron chi connectivity index (χ0n) is 9.99. The average molecular weight is 182 g/mol. The van der Waals surface area contributed by atoms with E-state index < -0.39 is 0 Å². The maximum Gasteiger partial charge on any atom is 0.108 e. The second-order valence-electron chi connectivity index (χ2n) is 5.68. The van der Waals surface area contributed by atoms with Gasteiger partial charge >= 0.3 is 0 Å². The van der Waals surface area contributed by atoms with Gasteiger partial charge in [-0.2, -0.15) is 0 Å². The van der Waals surface area contributed by atoms with Gasteiger partial charge in [-0.25, -0.2) is 0 Å². The molecule has 0 saturated carbocycles. The SMILES string of the molecule is CC1=COC(C)(C)C(C)(C)C1(C)C. The van der Waals surface area contributed by atoms with Crippen molar-refractivity contribution in [2.45, 2.75) is 54.1 Å². The second-order valence-corrected chi connectivity index (χ2v) is 5.68. The molecular weight excluding hydrogens is 160 g/mol. The van der Waals surface area contributed by atoms with Gasteiger partial charge in [0.25, 0.3) is 0 Å². The Morgan fingerprint density at radius 1 is 1.00 bits per heavy atom. The normalized spacial score (nSPS) is 29.0. The van der Waals surface area contributed by atoms with Crippen molar-refractivity contribution < 1.29 is 4.74 Å². The summed E-state index contributed by atoms with van der Waals surface area (Å²) < 4.78 is 5.77. The monoisotopic (exact) mass is 182 g/mol. The highest BCUT2D eigenvalue weighted by molar-refractivity contribution is 5.19. The molecule has 13 heavy (non-hydrogen) atoms. The fraction of sp³-hybridized carbons (Fsp3) is 0.833. The van der Waals surface area contributed by atoms with Crippen LogP contribution in [0.4, 0.5) is 0 Å². The summed E-state index contributed by atoms with van der Waals surface area (Å²) in [4.78, 5) is 0. The van der Waals surface area contributed by atoms with Gasteiger partial charge in [0.05, 0.1) is 6.26 Å². The number of rotatable bonds is 0. The lowest BCUT2D eigenvalue weighted by atomic mass is 9.56. The smallest absolute Gasteiger partial charge is 0.108 e. The molecule has 76 valence electrons. The van der Waals surface area contributed by atoms with Crippen molar-refractivity contribution in [1.82, 2.24) is 0 Å². The third-order valence-electron chi connectivity index (χ3n) is 4.58. The van der Waals surface area contributed by atoms with Crippen LogP contribution in [-0.4, -0.2) is 5.60 Å². The third kappa shape index (κ3) is 1.20. The summed E-state index contributed by atoms with van der Waals surface area (Å²) in [6, 6.07) is 0. The zero-order chi connectivity index (χ0) is 10.5. The van der Waals surface area contributed by atoms with Crippen LogP contribution in [0.5, 0.6) is 0 Å². The summed E-state index contributed by atoms with van der Waals surface area (Å²) in [5, 5.41) is 0. The molecule has 0 atom stereocenters. The Bertz CT molecular complexity index is 244. The minimum atomic E-state index is -0.0873. The number of hydrogen-bond acceptors (Lipinski definition) is 1. The zero-order valence-corrected chi connectivity index (χ0v) is 9.99. The van der Waals surface area contributed by atoms with E-state index in [0.717, 1.165) is 0 Å². The first-order valence-corrected chi connectivity index (χ1v) is 4.98. The molecule has 0 fully saturated rings. The van der Waals surface area contributed by atoms with Gasteiger partial charge < -0.3 is 4.74 Å². The second kappa shape index (κ2) is 2.52. The molecule has 0 unspecified atom stereocenters. The summed E-state index contributed by atoms with van der Waals surface area (Å²) in [6.07, 6.45) is 1.92. The predicted molar refractivity (Wildman–Crippen MR) is 56.5 cm³/mol. The Morgan fingerprint density at radius 3 is 1.85 bits per heavy atom. The summed E-state index contributed by atoms with van der Waals surface area (Å²) in [7, 11) is 0. The van der Waals surface area contributed by atoms with Gasteiger partial charge in [0.2, 0.25) is 0 Å². The molecule has 0 aliphatic carbocycles. The van der Waals surface area contributed by atoms with Crippen molar-refractivity contribution in [1.29, 1.82) is 0 Å². The first kappa shape index (κ1) is 10.6. The highest BCUT2D eigenvalue weighted by Gasteiger charge is 2.52. The molecule has 0 aromatic carbocycles. The fourth-order valence-corrected chi connectivity index (χ4v) is 1.78. The molecule has 0 spiro atoms. The van der Waals surface area contributed by atoms with E-state index in [-0.39, 0.29) is 16.4 Å². The minimum Gasteiger partial charge on any atom is -0.495 e. The van der Waals surface area contributed by atoms with Crippen molar-refractivity contribution in [3.05, 3.63) is 11.8 Å². The number of ether oxygens (including phenoxy) is 1. The van der Waals surface area contributed by atoms with Gasteiger partial charge in [0.1, 0.15) is 5.60 Å². The van der Waals surface area contributed by atoms with E-state index in [1.165, 1.54) is 5.57 Å². The third-order valence-corrected chi connectivity index (χ3v) is 4.58. The van der Waals surface area contributed by atoms with Gasteiger partial charge in [0.15, 0.2) is 0 Å². The Balaban J connectivity index is 3.23. The summed E-state index contributed by atoms with van der Waals surface area (Å²) >= 11 is 0. The summed E-state index contributed by atoms with van der Waals surface area (Å²) in [5.41, 5.74) is 1.60.